The smallest absolute Gasteiger partial charge is 0.227 e. The Morgan fingerprint density at radius 3 is 2.19 bits per heavy atom. The lowest BCUT2D eigenvalue weighted by atomic mass is 10.1. The molecule has 3 rings (SSSR count). The van der Waals surface area contributed by atoms with E-state index in [0.29, 0.717) is 12.4 Å². The van der Waals surface area contributed by atoms with Gasteiger partial charge in [-0.3, -0.25) is 4.79 Å². The molecule has 1 saturated heterocycles. The minimum Gasteiger partial charge on any atom is -0.497 e. The molecule has 0 N–H and O–H groups in total. The molecule has 1 aliphatic heterocycles. The SMILES string of the molecule is CCOc1ccc(CC(=O)N2CC(S(=O)(=O)c3ccc(OC)cc3)C2)cc1. The van der Waals surface area contributed by atoms with Crippen LogP contribution in [0.4, 0.5) is 0 Å². The van der Waals surface area contributed by atoms with Gasteiger partial charge < -0.3 is 14.4 Å². The van der Waals surface area contributed by atoms with Crippen molar-refractivity contribution >= 4 is 15.7 Å². The van der Waals surface area contributed by atoms with Gasteiger partial charge in [-0.15, -0.1) is 0 Å². The number of benzene rings is 2. The molecule has 0 unspecified atom stereocenters. The number of hydrogen-bond acceptors (Lipinski definition) is 5. The molecule has 0 aliphatic carbocycles. The third-order valence-corrected chi connectivity index (χ3v) is 6.72. The van der Waals surface area contributed by atoms with Gasteiger partial charge in [0.2, 0.25) is 5.91 Å². The topological polar surface area (TPSA) is 72.9 Å². The summed E-state index contributed by atoms with van der Waals surface area (Å²) in [4.78, 5) is 14.2. The van der Waals surface area contributed by atoms with Gasteiger partial charge >= 0.3 is 0 Å². The minimum atomic E-state index is -3.44. The number of nitrogens with zero attached hydrogens (tertiary/aromatic N) is 1. The van der Waals surface area contributed by atoms with E-state index < -0.39 is 15.1 Å². The van der Waals surface area contributed by atoms with E-state index in [4.69, 9.17) is 9.47 Å². The summed E-state index contributed by atoms with van der Waals surface area (Å²) in [7, 11) is -1.91. The van der Waals surface area contributed by atoms with Crippen molar-refractivity contribution in [3.8, 4) is 11.5 Å². The highest BCUT2D eigenvalue weighted by Gasteiger charge is 2.40. The Balaban J connectivity index is 1.56. The summed E-state index contributed by atoms with van der Waals surface area (Å²) in [6.45, 7) is 2.96. The van der Waals surface area contributed by atoms with Crippen molar-refractivity contribution < 1.29 is 22.7 Å². The average molecular weight is 389 g/mol. The Bertz CT molecular complexity index is 885. The Morgan fingerprint density at radius 1 is 1.04 bits per heavy atom. The molecule has 1 heterocycles. The highest BCUT2D eigenvalue weighted by atomic mass is 32.2. The quantitative estimate of drug-likeness (QED) is 0.727. The highest BCUT2D eigenvalue weighted by molar-refractivity contribution is 7.92. The molecule has 1 amide bonds. The fourth-order valence-corrected chi connectivity index (χ4v) is 4.61. The third-order valence-electron chi connectivity index (χ3n) is 4.62. The molecule has 0 radical (unpaired) electrons. The van der Waals surface area contributed by atoms with Crippen LogP contribution in [-0.2, 0) is 21.1 Å². The Morgan fingerprint density at radius 2 is 1.63 bits per heavy atom. The zero-order valence-corrected chi connectivity index (χ0v) is 16.2. The lowest BCUT2D eigenvalue weighted by Gasteiger charge is -2.38. The summed E-state index contributed by atoms with van der Waals surface area (Å²) < 4.78 is 35.7. The molecule has 2 aromatic carbocycles. The van der Waals surface area contributed by atoms with Crippen molar-refractivity contribution in [3.05, 3.63) is 54.1 Å². The van der Waals surface area contributed by atoms with Gasteiger partial charge in [0.1, 0.15) is 16.7 Å². The van der Waals surface area contributed by atoms with Crippen molar-refractivity contribution in [2.75, 3.05) is 26.8 Å². The first-order chi connectivity index (χ1) is 12.9. The van der Waals surface area contributed by atoms with Crippen LogP contribution in [0.5, 0.6) is 11.5 Å². The maximum atomic E-state index is 12.6. The number of methoxy groups -OCH3 is 1. The summed E-state index contributed by atoms with van der Waals surface area (Å²) in [6, 6.07) is 13.7. The van der Waals surface area contributed by atoms with Crippen molar-refractivity contribution in [1.82, 2.24) is 4.90 Å². The maximum Gasteiger partial charge on any atom is 0.227 e. The van der Waals surface area contributed by atoms with Crippen LogP contribution in [0.15, 0.2) is 53.4 Å². The molecule has 7 heteroatoms. The van der Waals surface area contributed by atoms with E-state index in [1.165, 1.54) is 7.11 Å². The fourth-order valence-electron chi connectivity index (χ4n) is 2.95. The summed E-state index contributed by atoms with van der Waals surface area (Å²) in [5.41, 5.74) is 0.880. The lowest BCUT2D eigenvalue weighted by Crippen LogP contribution is -2.57. The number of hydrogen-bond donors (Lipinski definition) is 0. The van der Waals surface area contributed by atoms with Crippen LogP contribution >= 0.6 is 0 Å². The zero-order chi connectivity index (χ0) is 19.4. The molecule has 27 heavy (non-hydrogen) atoms. The maximum absolute atomic E-state index is 12.6. The van der Waals surface area contributed by atoms with Crippen LogP contribution in [0.1, 0.15) is 12.5 Å². The molecular weight excluding hydrogens is 366 g/mol. The van der Waals surface area contributed by atoms with E-state index in [-0.39, 0.29) is 30.3 Å². The Kier molecular flexibility index (Phi) is 5.70. The highest BCUT2D eigenvalue weighted by Crippen LogP contribution is 2.26. The van der Waals surface area contributed by atoms with Crippen LogP contribution in [0.3, 0.4) is 0 Å². The largest absolute Gasteiger partial charge is 0.497 e. The minimum absolute atomic E-state index is 0.0691. The average Bonchev–Trinajstić information content (AvgIpc) is 2.62. The van der Waals surface area contributed by atoms with Crippen molar-refractivity contribution in [1.29, 1.82) is 0 Å². The summed E-state index contributed by atoms with van der Waals surface area (Å²) in [5, 5.41) is -0.560. The first kappa shape index (κ1) is 19.2. The number of ether oxygens (including phenoxy) is 2. The van der Waals surface area contributed by atoms with Gasteiger partial charge in [0.15, 0.2) is 9.84 Å². The van der Waals surface area contributed by atoms with Gasteiger partial charge in [-0.25, -0.2) is 8.42 Å². The van der Waals surface area contributed by atoms with Gasteiger partial charge in [0, 0.05) is 13.1 Å². The van der Waals surface area contributed by atoms with E-state index in [9.17, 15) is 13.2 Å². The normalized spacial score (nSPS) is 14.5. The third kappa shape index (κ3) is 4.24. The molecular formula is C20H23NO5S. The Labute approximate surface area is 159 Å². The molecule has 0 atom stereocenters. The predicted octanol–water partition coefficient (Wildman–Crippen LogP) is 2.32. The standard InChI is InChI=1S/C20H23NO5S/c1-3-26-17-6-4-15(5-7-17)12-20(22)21-13-19(14-21)27(23,24)18-10-8-16(25-2)9-11-18/h4-11,19H,3,12-14H2,1-2H3. The van der Waals surface area contributed by atoms with Gasteiger partial charge in [-0.2, -0.15) is 0 Å². The number of amides is 1. The van der Waals surface area contributed by atoms with Crippen LogP contribution in [-0.4, -0.2) is 51.3 Å². The van der Waals surface area contributed by atoms with Crippen LogP contribution in [0.2, 0.25) is 0 Å². The number of carbonyl (C=O) groups is 1. The van der Waals surface area contributed by atoms with E-state index in [1.807, 2.05) is 31.2 Å². The van der Waals surface area contributed by atoms with Crippen molar-refractivity contribution in [3.63, 3.8) is 0 Å². The van der Waals surface area contributed by atoms with Crippen molar-refractivity contribution in [2.24, 2.45) is 0 Å². The molecule has 1 fully saturated rings. The summed E-state index contributed by atoms with van der Waals surface area (Å²) >= 11 is 0. The molecule has 0 bridgehead atoms. The second-order valence-electron chi connectivity index (χ2n) is 6.40. The molecule has 144 valence electrons. The molecule has 0 aromatic heterocycles. The van der Waals surface area contributed by atoms with E-state index in [1.54, 1.807) is 29.2 Å². The summed E-state index contributed by atoms with van der Waals surface area (Å²) in [5.74, 6) is 1.30. The van der Waals surface area contributed by atoms with Crippen LogP contribution in [0, 0.1) is 0 Å². The first-order valence-electron chi connectivity index (χ1n) is 8.81. The molecule has 0 saturated carbocycles. The fraction of sp³-hybridized carbons (Fsp3) is 0.350. The first-order valence-corrected chi connectivity index (χ1v) is 10.4. The van der Waals surface area contributed by atoms with E-state index in [0.717, 1.165) is 11.3 Å². The van der Waals surface area contributed by atoms with Gasteiger partial charge in [-0.05, 0) is 48.9 Å². The zero-order valence-electron chi connectivity index (χ0n) is 15.4. The molecule has 2 aromatic rings. The number of likely N-dealkylation sites (tertiary alicyclic amines) is 1. The van der Waals surface area contributed by atoms with Crippen LogP contribution < -0.4 is 9.47 Å². The number of sulfone groups is 1. The van der Waals surface area contributed by atoms with Gasteiger partial charge in [-0.1, -0.05) is 12.1 Å². The lowest BCUT2D eigenvalue weighted by molar-refractivity contribution is -0.133. The van der Waals surface area contributed by atoms with E-state index >= 15 is 0 Å². The second kappa shape index (κ2) is 8.00. The predicted molar refractivity (Wildman–Crippen MR) is 102 cm³/mol. The van der Waals surface area contributed by atoms with Crippen LogP contribution in [0.25, 0.3) is 0 Å². The monoisotopic (exact) mass is 389 g/mol. The number of rotatable bonds is 7. The number of carbonyl (C=O) groups excluding carboxylic acids is 1. The van der Waals surface area contributed by atoms with E-state index in [2.05, 4.69) is 0 Å². The van der Waals surface area contributed by atoms with Crippen molar-refractivity contribution in [2.45, 2.75) is 23.5 Å². The molecule has 6 nitrogen and oxygen atoms in total. The molecule has 0 spiro atoms. The van der Waals surface area contributed by atoms with Gasteiger partial charge in [0.05, 0.1) is 25.0 Å². The Hall–Kier alpha value is -2.54. The second-order valence-corrected chi connectivity index (χ2v) is 8.62. The van der Waals surface area contributed by atoms with Gasteiger partial charge in [0.25, 0.3) is 0 Å². The molecule has 1 aliphatic rings. The summed E-state index contributed by atoms with van der Waals surface area (Å²) in [6.07, 6.45) is 0.252.